The lowest BCUT2D eigenvalue weighted by atomic mass is 10.1. The molecule has 0 heterocycles. The van der Waals surface area contributed by atoms with Crippen molar-refractivity contribution in [2.75, 3.05) is 13.7 Å². The van der Waals surface area contributed by atoms with Gasteiger partial charge >= 0.3 is 7.60 Å². The Morgan fingerprint density at radius 1 is 1.38 bits per heavy atom. The Morgan fingerprint density at radius 3 is 2.31 bits per heavy atom. The van der Waals surface area contributed by atoms with E-state index in [0.717, 1.165) is 5.56 Å². The molecule has 0 aliphatic carbocycles. The number of nitrogens with two attached hydrogens (primary N) is 1. The molecule has 0 saturated heterocycles. The summed E-state index contributed by atoms with van der Waals surface area (Å²) >= 11 is 0. The molecule has 16 heavy (non-hydrogen) atoms. The van der Waals surface area contributed by atoms with Crippen molar-refractivity contribution in [1.29, 1.82) is 0 Å². The van der Waals surface area contributed by atoms with Gasteiger partial charge in [-0.3, -0.25) is 4.57 Å². The zero-order valence-electron chi connectivity index (χ0n) is 9.04. The fraction of sp³-hybridized carbons (Fsp3) is 0.400. The molecule has 0 spiro atoms. The Morgan fingerprint density at radius 2 is 1.94 bits per heavy atom. The maximum atomic E-state index is 11.1. The van der Waals surface area contributed by atoms with Crippen LogP contribution in [0.3, 0.4) is 0 Å². The van der Waals surface area contributed by atoms with Crippen LogP contribution >= 0.6 is 7.60 Å². The standard InChI is InChI=1S/C10H16NO4P/c1-15-9-4-2-8(3-5-9)6-10(7-11)16(12,13)14/h2-5,10H,6-7,11H2,1H3,(H2,12,13,14)/t10-/m0/s1. The van der Waals surface area contributed by atoms with Gasteiger partial charge in [-0.2, -0.15) is 0 Å². The summed E-state index contributed by atoms with van der Waals surface area (Å²) < 4.78 is 16.1. The van der Waals surface area contributed by atoms with Crippen molar-refractivity contribution in [3.63, 3.8) is 0 Å². The monoisotopic (exact) mass is 245 g/mol. The topological polar surface area (TPSA) is 92.8 Å². The molecule has 90 valence electrons. The molecular formula is C10H16NO4P. The van der Waals surface area contributed by atoms with Crippen LogP contribution in [0.2, 0.25) is 0 Å². The van der Waals surface area contributed by atoms with Gasteiger partial charge in [0.25, 0.3) is 0 Å². The zero-order chi connectivity index (χ0) is 12.2. The first-order chi connectivity index (χ1) is 7.47. The van der Waals surface area contributed by atoms with Gasteiger partial charge in [-0.15, -0.1) is 0 Å². The Hall–Kier alpha value is -0.870. The van der Waals surface area contributed by atoms with E-state index in [4.69, 9.17) is 20.3 Å². The van der Waals surface area contributed by atoms with Crippen molar-refractivity contribution < 1.29 is 19.1 Å². The van der Waals surface area contributed by atoms with Gasteiger partial charge in [-0.05, 0) is 24.1 Å². The molecule has 0 aliphatic heterocycles. The molecule has 0 aliphatic rings. The molecule has 1 atom stereocenters. The second-order valence-corrected chi connectivity index (χ2v) is 5.44. The molecule has 0 unspecified atom stereocenters. The first-order valence-corrected chi connectivity index (χ1v) is 6.53. The highest BCUT2D eigenvalue weighted by Crippen LogP contribution is 2.42. The van der Waals surface area contributed by atoms with E-state index in [9.17, 15) is 4.57 Å². The van der Waals surface area contributed by atoms with Crippen LogP contribution in [0.4, 0.5) is 0 Å². The Balaban J connectivity index is 2.75. The largest absolute Gasteiger partial charge is 0.497 e. The van der Waals surface area contributed by atoms with Gasteiger partial charge in [-0.1, -0.05) is 12.1 Å². The van der Waals surface area contributed by atoms with E-state index < -0.39 is 13.3 Å². The smallest absolute Gasteiger partial charge is 0.330 e. The fourth-order valence-corrected chi connectivity index (χ4v) is 2.10. The van der Waals surface area contributed by atoms with E-state index in [1.807, 2.05) is 0 Å². The van der Waals surface area contributed by atoms with Crippen molar-refractivity contribution in [3.8, 4) is 5.75 Å². The average molecular weight is 245 g/mol. The molecule has 5 nitrogen and oxygen atoms in total. The van der Waals surface area contributed by atoms with Crippen molar-refractivity contribution >= 4 is 7.60 Å². The minimum absolute atomic E-state index is 0.0314. The minimum Gasteiger partial charge on any atom is -0.497 e. The first kappa shape index (κ1) is 13.2. The van der Waals surface area contributed by atoms with Gasteiger partial charge in [0.2, 0.25) is 0 Å². The first-order valence-electron chi connectivity index (χ1n) is 4.85. The molecule has 1 rings (SSSR count). The van der Waals surface area contributed by atoms with Gasteiger partial charge in [0.15, 0.2) is 0 Å². The molecule has 0 saturated carbocycles. The van der Waals surface area contributed by atoms with E-state index in [-0.39, 0.29) is 13.0 Å². The second kappa shape index (κ2) is 5.46. The molecule has 6 heteroatoms. The number of methoxy groups -OCH3 is 1. The molecule has 0 aromatic heterocycles. The SMILES string of the molecule is COc1ccc(C[C@@H](CN)P(=O)(O)O)cc1. The maximum Gasteiger partial charge on any atom is 0.330 e. The third-order valence-corrected chi connectivity index (χ3v) is 3.72. The van der Waals surface area contributed by atoms with Crippen molar-refractivity contribution in [2.24, 2.45) is 5.73 Å². The van der Waals surface area contributed by atoms with Crippen LogP contribution in [0.1, 0.15) is 5.56 Å². The highest BCUT2D eigenvalue weighted by atomic mass is 31.2. The predicted octanol–water partition coefficient (Wildman–Crippen LogP) is 0.743. The van der Waals surface area contributed by atoms with Crippen LogP contribution in [0, 0.1) is 0 Å². The molecule has 1 aromatic carbocycles. The Labute approximate surface area is 94.4 Å². The second-order valence-electron chi connectivity index (χ2n) is 3.53. The van der Waals surface area contributed by atoms with Crippen LogP contribution in [-0.2, 0) is 11.0 Å². The van der Waals surface area contributed by atoms with Gasteiger partial charge in [0.1, 0.15) is 5.75 Å². The van der Waals surface area contributed by atoms with Gasteiger partial charge in [0, 0.05) is 6.54 Å². The summed E-state index contributed by atoms with van der Waals surface area (Å²) in [6, 6.07) is 7.06. The number of benzene rings is 1. The molecule has 1 aromatic rings. The van der Waals surface area contributed by atoms with E-state index in [2.05, 4.69) is 0 Å². The Kier molecular flexibility index (Phi) is 4.50. The third kappa shape index (κ3) is 3.61. The van der Waals surface area contributed by atoms with Crippen molar-refractivity contribution in [3.05, 3.63) is 29.8 Å². The highest BCUT2D eigenvalue weighted by Gasteiger charge is 2.27. The zero-order valence-corrected chi connectivity index (χ0v) is 9.93. The van der Waals surface area contributed by atoms with Crippen LogP contribution in [0.5, 0.6) is 5.75 Å². The lowest BCUT2D eigenvalue weighted by molar-refractivity contribution is 0.357. The van der Waals surface area contributed by atoms with E-state index >= 15 is 0 Å². The average Bonchev–Trinajstić information content (AvgIpc) is 2.25. The molecule has 0 amide bonds. The number of hydrogen-bond donors (Lipinski definition) is 3. The molecule has 0 bridgehead atoms. The maximum absolute atomic E-state index is 11.1. The summed E-state index contributed by atoms with van der Waals surface area (Å²) in [5.74, 6) is 0.712. The van der Waals surface area contributed by atoms with Crippen LogP contribution in [-0.4, -0.2) is 29.1 Å². The third-order valence-electron chi connectivity index (χ3n) is 2.38. The number of ether oxygens (including phenoxy) is 1. The van der Waals surface area contributed by atoms with Crippen LogP contribution in [0.15, 0.2) is 24.3 Å². The summed E-state index contributed by atoms with van der Waals surface area (Å²) in [6.45, 7) is -0.0314. The highest BCUT2D eigenvalue weighted by molar-refractivity contribution is 7.52. The van der Waals surface area contributed by atoms with Crippen molar-refractivity contribution in [2.45, 2.75) is 12.1 Å². The van der Waals surface area contributed by atoms with Crippen LogP contribution < -0.4 is 10.5 Å². The van der Waals surface area contributed by atoms with E-state index in [0.29, 0.717) is 5.75 Å². The fourth-order valence-electron chi connectivity index (χ4n) is 1.37. The minimum atomic E-state index is -4.12. The molecule has 0 radical (unpaired) electrons. The summed E-state index contributed by atoms with van der Waals surface area (Å²) in [5, 5.41) is 0. The molecule has 4 N–H and O–H groups in total. The van der Waals surface area contributed by atoms with Crippen molar-refractivity contribution in [1.82, 2.24) is 0 Å². The van der Waals surface area contributed by atoms with E-state index in [1.54, 1.807) is 31.4 Å². The van der Waals surface area contributed by atoms with Crippen LogP contribution in [0.25, 0.3) is 0 Å². The lowest BCUT2D eigenvalue weighted by Crippen LogP contribution is -2.22. The van der Waals surface area contributed by atoms with E-state index in [1.165, 1.54) is 0 Å². The quantitative estimate of drug-likeness (QED) is 0.665. The van der Waals surface area contributed by atoms with Gasteiger partial charge in [-0.25, -0.2) is 0 Å². The lowest BCUT2D eigenvalue weighted by Gasteiger charge is -2.16. The molecule has 0 fully saturated rings. The summed E-state index contributed by atoms with van der Waals surface area (Å²) in [6.07, 6.45) is 0.269. The van der Waals surface area contributed by atoms with Gasteiger partial charge in [0.05, 0.1) is 12.8 Å². The summed E-state index contributed by atoms with van der Waals surface area (Å²) in [7, 11) is -2.55. The summed E-state index contributed by atoms with van der Waals surface area (Å²) in [4.78, 5) is 18.1. The van der Waals surface area contributed by atoms with Gasteiger partial charge < -0.3 is 20.3 Å². The normalized spacial score (nSPS) is 13.5. The summed E-state index contributed by atoms with van der Waals surface area (Å²) in [5.41, 5.74) is 5.36. The Bertz CT molecular complexity index is 373. The number of rotatable bonds is 5. The number of hydrogen-bond acceptors (Lipinski definition) is 3. The molecular weight excluding hydrogens is 229 g/mol. The predicted molar refractivity (Wildman–Crippen MR) is 61.6 cm³/mol.